The average Bonchev–Trinajstić information content (AvgIpc) is 4.45. The number of rotatable bonds is 16. The fraction of sp³-hybridized carbons (Fsp3) is 0.414. The molecule has 5 unspecified atom stereocenters. The van der Waals surface area contributed by atoms with E-state index in [2.05, 4.69) is 36.6 Å². The van der Waals surface area contributed by atoms with Gasteiger partial charge in [-0.05, 0) is 116 Å². The van der Waals surface area contributed by atoms with Gasteiger partial charge in [-0.15, -0.1) is 11.3 Å². The molecule has 79 heavy (non-hydrogen) atoms. The Morgan fingerprint density at radius 2 is 1.66 bits per heavy atom. The molecule has 7 aromatic rings. The summed E-state index contributed by atoms with van der Waals surface area (Å²) in [5, 5.41) is 21.6. The number of aromatic nitrogens is 3. The number of piperidine rings is 1. The summed E-state index contributed by atoms with van der Waals surface area (Å²) in [6.07, 6.45) is 4.86. The number of nitrogens with one attached hydrogen (secondary N) is 2. The van der Waals surface area contributed by atoms with Crippen LogP contribution in [0.15, 0.2) is 71.3 Å². The van der Waals surface area contributed by atoms with Gasteiger partial charge in [0.15, 0.2) is 11.6 Å². The molecule has 7 heterocycles. The number of amides is 2. The van der Waals surface area contributed by atoms with Crippen LogP contribution in [0.4, 0.5) is 28.4 Å². The lowest BCUT2D eigenvalue weighted by atomic mass is 9.91. The molecule has 2 amide bonds. The van der Waals surface area contributed by atoms with Gasteiger partial charge in [0.05, 0.1) is 33.5 Å². The van der Waals surface area contributed by atoms with Crippen LogP contribution in [-0.2, 0) is 9.59 Å². The number of ether oxygens (including phenoxy) is 2. The minimum atomic E-state index is -0.745. The first-order valence-electron chi connectivity index (χ1n) is 26.8. The predicted octanol–water partition coefficient (Wildman–Crippen LogP) is 10.5. The van der Waals surface area contributed by atoms with E-state index in [9.17, 15) is 23.6 Å². The Morgan fingerprint density at radius 1 is 0.924 bits per heavy atom. The maximum absolute atomic E-state index is 17.2. The number of carbonyl (C=O) groups excluding carboxylic acids is 2. The van der Waals surface area contributed by atoms with E-state index in [1.54, 1.807) is 41.3 Å². The number of halogens is 5. The highest BCUT2D eigenvalue weighted by atomic mass is 35.5. The van der Waals surface area contributed by atoms with Crippen molar-refractivity contribution in [2.75, 3.05) is 63.1 Å². The number of fused-ring (bicyclic) bond motifs is 4. The summed E-state index contributed by atoms with van der Waals surface area (Å²) >= 11 is 7.85. The van der Waals surface area contributed by atoms with Crippen LogP contribution in [0, 0.1) is 46.4 Å². The number of nitrogens with zero attached hydrogens (tertiary/aromatic N) is 7. The Kier molecular flexibility index (Phi) is 15.4. The molecule has 4 saturated heterocycles. The standard InChI is InChI=1S/C58H59ClF4N10O5S/c1-30(2)47(57(75)73-19-5-8-44(73)56(74)66-31(3)33-9-11-34(12-10-33)48-41(60)6-4-7-42(48)61)45-25-46(70-78-45)77-29-32-17-20-71(21-18-32)22-23-76-58-68-52-38(55(69-58)72-27-35-13-14-36(28-72)67-35)24-40(59)50(51(52)63)37-15-16-43(62)53-49(37)39(26-64)54(65)79-53/h4,6-7,9-12,15-16,24-25,30-32,35-36,44,47,67H,5,8,13-14,17-23,27-29,65H2,1-3H3,(H,66,74). The fourth-order valence-electron chi connectivity index (χ4n) is 11.8. The van der Waals surface area contributed by atoms with E-state index in [0.717, 1.165) is 55.7 Å². The van der Waals surface area contributed by atoms with Crippen molar-refractivity contribution in [2.45, 2.75) is 89.4 Å². The number of nitriles is 1. The van der Waals surface area contributed by atoms with E-state index in [0.29, 0.717) is 68.2 Å². The van der Waals surface area contributed by atoms with Crippen molar-refractivity contribution in [1.82, 2.24) is 35.6 Å². The van der Waals surface area contributed by atoms with E-state index in [1.807, 2.05) is 20.8 Å². The molecule has 0 saturated carbocycles. The molecule has 11 rings (SSSR count). The lowest BCUT2D eigenvalue weighted by molar-refractivity contribution is -0.141. The molecule has 5 atom stereocenters. The molecular formula is C58H59ClF4N10O5S. The topological polar surface area (TPSA) is 188 Å². The summed E-state index contributed by atoms with van der Waals surface area (Å²) in [6.45, 7) is 10.1. The fourth-order valence-corrected chi connectivity index (χ4v) is 13.1. The first-order valence-corrected chi connectivity index (χ1v) is 28.0. The van der Waals surface area contributed by atoms with Gasteiger partial charge in [0.2, 0.25) is 11.8 Å². The van der Waals surface area contributed by atoms with Crippen molar-refractivity contribution in [2.24, 2.45) is 11.8 Å². The smallest absolute Gasteiger partial charge is 0.319 e. The third-order valence-corrected chi connectivity index (χ3v) is 17.3. The average molecular weight is 1120 g/mol. The molecule has 0 spiro atoms. The molecule has 4 aliphatic heterocycles. The second kappa shape index (κ2) is 22.6. The predicted molar refractivity (Wildman–Crippen MR) is 294 cm³/mol. The molecule has 3 aromatic heterocycles. The van der Waals surface area contributed by atoms with Crippen molar-refractivity contribution in [3.05, 3.63) is 112 Å². The van der Waals surface area contributed by atoms with Crippen molar-refractivity contribution >= 4 is 66.6 Å². The summed E-state index contributed by atoms with van der Waals surface area (Å²) in [7, 11) is 0. The first kappa shape index (κ1) is 53.9. The zero-order chi connectivity index (χ0) is 55.2. The van der Waals surface area contributed by atoms with E-state index in [4.69, 9.17) is 36.3 Å². The summed E-state index contributed by atoms with van der Waals surface area (Å²) in [5.41, 5.74) is 7.40. The van der Waals surface area contributed by atoms with Gasteiger partial charge in [-0.25, -0.2) is 17.6 Å². The number of nitrogens with two attached hydrogens (primary N) is 1. The molecule has 4 aliphatic rings. The number of hydrogen-bond acceptors (Lipinski definition) is 14. The second-order valence-electron chi connectivity index (χ2n) is 21.4. The highest BCUT2D eigenvalue weighted by Gasteiger charge is 2.41. The van der Waals surface area contributed by atoms with Crippen LogP contribution in [0.3, 0.4) is 0 Å². The summed E-state index contributed by atoms with van der Waals surface area (Å²) in [5.74, 6) is -2.68. The molecule has 412 valence electrons. The Balaban J connectivity index is 0.700. The second-order valence-corrected chi connectivity index (χ2v) is 22.9. The van der Waals surface area contributed by atoms with Gasteiger partial charge in [-0.2, -0.15) is 15.2 Å². The summed E-state index contributed by atoms with van der Waals surface area (Å²) < 4.78 is 79.4. The number of anilines is 2. The van der Waals surface area contributed by atoms with Crippen molar-refractivity contribution in [3.8, 4) is 40.2 Å². The van der Waals surface area contributed by atoms with Gasteiger partial charge in [0.25, 0.3) is 5.88 Å². The minimum absolute atomic E-state index is 0.00652. The van der Waals surface area contributed by atoms with Crippen LogP contribution in [0.25, 0.3) is 43.2 Å². The van der Waals surface area contributed by atoms with Crippen molar-refractivity contribution in [3.63, 3.8) is 0 Å². The minimum Gasteiger partial charge on any atom is -0.475 e. The third-order valence-electron chi connectivity index (χ3n) is 16.0. The SMILES string of the molecule is CC(NC(=O)C1CCCN1C(=O)C(c1cc(OCC2CCN(CCOc3nc(N4CC5CCC(C4)N5)c4cc(Cl)c(-c5ccc(F)c6sc(N)c(C#N)c56)c(F)c4n3)CC2)no1)C(C)C)c1ccc(-c2c(F)cccc2F)cc1. The lowest BCUT2D eigenvalue weighted by Gasteiger charge is -2.34. The molecular weight excluding hydrogens is 1060 g/mol. The van der Waals surface area contributed by atoms with Gasteiger partial charge in [-0.1, -0.05) is 61.8 Å². The maximum Gasteiger partial charge on any atom is 0.319 e. The van der Waals surface area contributed by atoms with Gasteiger partial charge in [0.1, 0.15) is 58.4 Å². The molecule has 0 aliphatic carbocycles. The monoisotopic (exact) mass is 1120 g/mol. The Hall–Kier alpha value is -7.05. The zero-order valence-corrected chi connectivity index (χ0v) is 45.4. The number of benzene rings is 4. The van der Waals surface area contributed by atoms with E-state index < -0.39 is 41.3 Å². The highest BCUT2D eigenvalue weighted by Crippen LogP contribution is 2.46. The van der Waals surface area contributed by atoms with Gasteiger partial charge in [0, 0.05) is 60.7 Å². The van der Waals surface area contributed by atoms with E-state index in [-0.39, 0.29) is 102 Å². The van der Waals surface area contributed by atoms with Crippen LogP contribution in [0.1, 0.15) is 88.1 Å². The van der Waals surface area contributed by atoms with Gasteiger partial charge >= 0.3 is 6.01 Å². The highest BCUT2D eigenvalue weighted by molar-refractivity contribution is 7.23. The third kappa shape index (κ3) is 10.8. The van der Waals surface area contributed by atoms with Crippen LogP contribution >= 0.6 is 22.9 Å². The number of nitrogen functional groups attached to an aromatic ring is 1. The lowest BCUT2D eigenvalue weighted by Crippen LogP contribution is -2.51. The molecule has 2 bridgehead atoms. The zero-order valence-electron chi connectivity index (χ0n) is 43.8. The number of likely N-dealkylation sites (tertiary alicyclic amines) is 2. The van der Waals surface area contributed by atoms with Crippen molar-refractivity contribution < 1.29 is 41.1 Å². The molecule has 15 nitrogen and oxygen atoms in total. The molecule has 4 fully saturated rings. The van der Waals surface area contributed by atoms with E-state index >= 15 is 8.78 Å². The number of thiophene rings is 1. The largest absolute Gasteiger partial charge is 0.475 e. The molecule has 21 heteroatoms. The Morgan fingerprint density at radius 3 is 2.37 bits per heavy atom. The Bertz CT molecular complexity index is 3460. The number of carbonyl (C=O) groups is 2. The van der Waals surface area contributed by atoms with Crippen LogP contribution in [0.5, 0.6) is 11.9 Å². The van der Waals surface area contributed by atoms with Crippen LogP contribution < -0.4 is 30.7 Å². The van der Waals surface area contributed by atoms with Gasteiger partial charge < -0.3 is 40.2 Å². The van der Waals surface area contributed by atoms with Crippen LogP contribution in [0.2, 0.25) is 5.02 Å². The normalized spacial score (nSPS) is 19.6. The maximum atomic E-state index is 17.2. The first-order chi connectivity index (χ1) is 38.1. The quantitative estimate of drug-likeness (QED) is 0.0777. The van der Waals surface area contributed by atoms with E-state index in [1.165, 1.54) is 30.3 Å². The summed E-state index contributed by atoms with van der Waals surface area (Å²) in [6, 6.07) is 17.8. The van der Waals surface area contributed by atoms with Crippen molar-refractivity contribution in [1.29, 1.82) is 5.26 Å². The number of hydrogen-bond donors (Lipinski definition) is 3. The van der Waals surface area contributed by atoms with Gasteiger partial charge in [-0.3, -0.25) is 14.5 Å². The molecule has 0 radical (unpaired) electrons. The molecule has 4 aromatic carbocycles. The van der Waals surface area contributed by atoms with Crippen LogP contribution in [-0.4, -0.2) is 107 Å². The summed E-state index contributed by atoms with van der Waals surface area (Å²) in [4.78, 5) is 43.6. The Labute approximate surface area is 463 Å². The number of piperazine rings is 1. The molecule has 4 N–H and O–H groups in total.